The fourth-order valence-electron chi connectivity index (χ4n) is 2.30. The number of carboxylic acids is 1. The van der Waals surface area contributed by atoms with Crippen LogP contribution in [0.15, 0.2) is 0 Å². The highest BCUT2D eigenvalue weighted by Crippen LogP contribution is 2.08. The Morgan fingerprint density at radius 2 is 1.04 bits per heavy atom. The summed E-state index contributed by atoms with van der Waals surface area (Å²) in [5.41, 5.74) is 0. The Morgan fingerprint density at radius 3 is 1.35 bits per heavy atom. The Balaban J connectivity index is 5.08. The number of aliphatic carboxylic acids is 1. The first-order chi connectivity index (χ1) is 10.5. The van der Waals surface area contributed by atoms with Gasteiger partial charge in [-0.05, 0) is 24.8 Å². The lowest BCUT2D eigenvalue weighted by atomic mass is 9.98. The van der Waals surface area contributed by atoms with E-state index in [4.69, 9.17) is 0 Å². The minimum Gasteiger partial charge on any atom is -0.480 e. The van der Waals surface area contributed by atoms with Crippen LogP contribution in [-0.4, -0.2) is 48.1 Å². The molecule has 3 unspecified atom stereocenters. The summed E-state index contributed by atoms with van der Waals surface area (Å²) < 4.78 is 0. The molecule has 0 aromatic carbocycles. The summed E-state index contributed by atoms with van der Waals surface area (Å²) in [6, 6.07) is -2.17. The monoisotopic (exact) mass is 329 g/mol. The van der Waals surface area contributed by atoms with E-state index in [0.29, 0.717) is 0 Å². The first kappa shape index (κ1) is 21.4. The number of likely N-dealkylation sites (N-methyl/N-ethyl adjacent to an activating group) is 1. The van der Waals surface area contributed by atoms with Gasteiger partial charge < -0.3 is 21.1 Å². The minimum absolute atomic E-state index is 0.0679. The summed E-state index contributed by atoms with van der Waals surface area (Å²) in [5.74, 6) is -2.18. The molecule has 0 rings (SSSR count). The van der Waals surface area contributed by atoms with Crippen molar-refractivity contribution in [2.24, 2.45) is 17.8 Å². The average Bonchev–Trinajstić information content (AvgIpc) is 2.40. The zero-order valence-corrected chi connectivity index (χ0v) is 15.1. The summed E-state index contributed by atoms with van der Waals surface area (Å²) >= 11 is 0. The Kier molecular flexibility index (Phi) is 8.82. The second-order valence-corrected chi connectivity index (χ2v) is 6.81. The quantitative estimate of drug-likeness (QED) is 0.495. The van der Waals surface area contributed by atoms with E-state index in [9.17, 15) is 19.5 Å². The van der Waals surface area contributed by atoms with Gasteiger partial charge in [0.1, 0.15) is 12.1 Å². The predicted octanol–water partition coefficient (Wildman–Crippen LogP) is 0.597. The molecule has 0 bridgehead atoms. The lowest BCUT2D eigenvalue weighted by Crippen LogP contribution is -2.58. The maximum Gasteiger partial charge on any atom is 0.326 e. The minimum atomic E-state index is -1.09. The maximum absolute atomic E-state index is 12.4. The lowest BCUT2D eigenvalue weighted by Gasteiger charge is -2.28. The molecule has 7 heteroatoms. The zero-order chi connectivity index (χ0) is 18.3. The fourth-order valence-corrected chi connectivity index (χ4v) is 2.30. The molecule has 7 nitrogen and oxygen atoms in total. The van der Waals surface area contributed by atoms with E-state index < -0.39 is 30.0 Å². The third-order valence-electron chi connectivity index (χ3n) is 3.74. The average molecular weight is 329 g/mol. The molecule has 0 aliphatic rings. The molecule has 0 aromatic heterocycles. The first-order valence-electron chi connectivity index (χ1n) is 8.03. The second kappa shape index (κ2) is 9.50. The number of nitrogens with one attached hydrogen (secondary N) is 3. The molecule has 4 N–H and O–H groups in total. The van der Waals surface area contributed by atoms with Crippen LogP contribution in [0.2, 0.25) is 0 Å². The first-order valence-corrected chi connectivity index (χ1v) is 8.03. The summed E-state index contributed by atoms with van der Waals surface area (Å²) in [4.78, 5) is 36.0. The number of carboxylic acid groups (broad SMARTS) is 1. The van der Waals surface area contributed by atoms with E-state index in [1.54, 1.807) is 34.7 Å². The Labute approximate surface area is 138 Å². The molecular formula is C16H31N3O4. The SMILES string of the molecule is CNC(C(=O)NC(C(=O)NC(C(=O)O)C(C)C)C(C)C)C(C)C. The van der Waals surface area contributed by atoms with E-state index in [1.165, 1.54) is 0 Å². The number of rotatable bonds is 9. The highest BCUT2D eigenvalue weighted by atomic mass is 16.4. The van der Waals surface area contributed by atoms with E-state index >= 15 is 0 Å². The Hall–Kier alpha value is -1.63. The maximum atomic E-state index is 12.4. The molecule has 134 valence electrons. The van der Waals surface area contributed by atoms with Gasteiger partial charge in [0.15, 0.2) is 0 Å². The van der Waals surface area contributed by atoms with E-state index in [2.05, 4.69) is 16.0 Å². The molecule has 0 aromatic rings. The largest absolute Gasteiger partial charge is 0.480 e. The molecule has 0 spiro atoms. The molecule has 0 fully saturated rings. The molecule has 0 radical (unpaired) electrons. The second-order valence-electron chi connectivity index (χ2n) is 6.81. The molecule has 0 saturated carbocycles. The van der Waals surface area contributed by atoms with Gasteiger partial charge in [0.2, 0.25) is 11.8 Å². The zero-order valence-electron chi connectivity index (χ0n) is 15.1. The van der Waals surface area contributed by atoms with Gasteiger partial charge in [-0.2, -0.15) is 0 Å². The van der Waals surface area contributed by atoms with Crippen LogP contribution >= 0.6 is 0 Å². The van der Waals surface area contributed by atoms with E-state index in [-0.39, 0.29) is 23.7 Å². The van der Waals surface area contributed by atoms with Crippen LogP contribution in [0.3, 0.4) is 0 Å². The van der Waals surface area contributed by atoms with Gasteiger partial charge in [-0.1, -0.05) is 41.5 Å². The van der Waals surface area contributed by atoms with Crippen molar-refractivity contribution in [3.8, 4) is 0 Å². The van der Waals surface area contributed by atoms with Crippen molar-refractivity contribution in [1.29, 1.82) is 0 Å². The Bertz CT molecular complexity index is 422. The van der Waals surface area contributed by atoms with Crippen molar-refractivity contribution in [1.82, 2.24) is 16.0 Å². The van der Waals surface area contributed by atoms with Crippen molar-refractivity contribution < 1.29 is 19.5 Å². The van der Waals surface area contributed by atoms with Crippen molar-refractivity contribution in [3.05, 3.63) is 0 Å². The van der Waals surface area contributed by atoms with Gasteiger partial charge in [0.25, 0.3) is 0 Å². The smallest absolute Gasteiger partial charge is 0.326 e. The molecular weight excluding hydrogens is 298 g/mol. The standard InChI is InChI=1S/C16H31N3O4/c1-8(2)11(17-7)14(20)18-12(9(3)4)15(21)19-13(10(5)6)16(22)23/h8-13,17H,1-7H3,(H,18,20)(H,19,21)(H,22,23). The van der Waals surface area contributed by atoms with Gasteiger partial charge in [-0.25, -0.2) is 4.79 Å². The topological polar surface area (TPSA) is 108 Å². The molecule has 0 heterocycles. The van der Waals surface area contributed by atoms with Crippen LogP contribution in [0.1, 0.15) is 41.5 Å². The summed E-state index contributed by atoms with van der Waals surface area (Å²) in [6.45, 7) is 10.9. The van der Waals surface area contributed by atoms with E-state index in [1.807, 2.05) is 13.8 Å². The van der Waals surface area contributed by atoms with Gasteiger partial charge in [-0.15, -0.1) is 0 Å². The van der Waals surface area contributed by atoms with Gasteiger partial charge in [-0.3, -0.25) is 9.59 Å². The van der Waals surface area contributed by atoms with Crippen LogP contribution in [0.4, 0.5) is 0 Å². The van der Waals surface area contributed by atoms with Crippen LogP contribution in [0.5, 0.6) is 0 Å². The highest BCUT2D eigenvalue weighted by Gasteiger charge is 2.32. The van der Waals surface area contributed by atoms with Crippen LogP contribution in [0, 0.1) is 17.8 Å². The summed E-state index contributed by atoms with van der Waals surface area (Å²) in [6.07, 6.45) is 0. The molecule has 3 atom stereocenters. The summed E-state index contributed by atoms with van der Waals surface area (Å²) in [5, 5.41) is 17.3. The van der Waals surface area contributed by atoms with Crippen molar-refractivity contribution in [2.75, 3.05) is 7.05 Å². The summed E-state index contributed by atoms with van der Waals surface area (Å²) in [7, 11) is 1.69. The number of amides is 2. The van der Waals surface area contributed by atoms with Crippen LogP contribution < -0.4 is 16.0 Å². The third kappa shape index (κ3) is 6.56. The number of carbonyl (C=O) groups excluding carboxylic acids is 2. The normalized spacial score (nSPS) is 15.4. The lowest BCUT2D eigenvalue weighted by molar-refractivity contribution is -0.143. The van der Waals surface area contributed by atoms with Gasteiger partial charge in [0.05, 0.1) is 6.04 Å². The van der Waals surface area contributed by atoms with Crippen LogP contribution in [-0.2, 0) is 14.4 Å². The third-order valence-corrected chi connectivity index (χ3v) is 3.74. The van der Waals surface area contributed by atoms with Crippen molar-refractivity contribution >= 4 is 17.8 Å². The molecule has 0 aliphatic heterocycles. The number of hydrogen-bond acceptors (Lipinski definition) is 4. The van der Waals surface area contributed by atoms with Gasteiger partial charge >= 0.3 is 5.97 Å². The number of hydrogen-bond donors (Lipinski definition) is 4. The Morgan fingerprint density at radius 1 is 0.696 bits per heavy atom. The molecule has 2 amide bonds. The van der Waals surface area contributed by atoms with Crippen molar-refractivity contribution in [3.63, 3.8) is 0 Å². The highest BCUT2D eigenvalue weighted by molar-refractivity contribution is 5.92. The fraction of sp³-hybridized carbons (Fsp3) is 0.812. The van der Waals surface area contributed by atoms with Crippen LogP contribution in [0.25, 0.3) is 0 Å². The molecule has 0 aliphatic carbocycles. The van der Waals surface area contributed by atoms with Crippen molar-refractivity contribution in [2.45, 2.75) is 59.7 Å². The number of carbonyl (C=O) groups is 3. The molecule has 23 heavy (non-hydrogen) atoms. The van der Waals surface area contributed by atoms with E-state index in [0.717, 1.165) is 0 Å². The molecule has 0 saturated heterocycles. The van der Waals surface area contributed by atoms with Gasteiger partial charge in [0, 0.05) is 0 Å². The predicted molar refractivity (Wildman–Crippen MR) is 88.9 cm³/mol.